The van der Waals surface area contributed by atoms with Gasteiger partial charge in [0.25, 0.3) is 0 Å². The van der Waals surface area contributed by atoms with Gasteiger partial charge in [-0.2, -0.15) is 0 Å². The molecule has 0 aliphatic heterocycles. The number of rotatable bonds is 4. The molecule has 0 saturated carbocycles. The lowest BCUT2D eigenvalue weighted by Gasteiger charge is -2.15. The predicted octanol–water partition coefficient (Wildman–Crippen LogP) is 3.66. The maximum absolute atomic E-state index is 10.7. The molecule has 1 unspecified atom stereocenters. The molecule has 0 saturated heterocycles. The van der Waals surface area contributed by atoms with Crippen molar-refractivity contribution in [2.24, 2.45) is 0 Å². The molecule has 0 fully saturated rings. The summed E-state index contributed by atoms with van der Waals surface area (Å²) in [5.41, 5.74) is 3.88. The van der Waals surface area contributed by atoms with Gasteiger partial charge >= 0.3 is 5.97 Å². The van der Waals surface area contributed by atoms with Crippen LogP contribution in [-0.2, 0) is 9.53 Å². The van der Waals surface area contributed by atoms with Crippen molar-refractivity contribution in [3.8, 4) is 0 Å². The SMILES string of the molecule is CC(=O)OCC(C)Sc1c(C)cc(C)cc1C. The summed E-state index contributed by atoms with van der Waals surface area (Å²) in [6.45, 7) is 10.3. The molecular formula is C14H20O2S. The topological polar surface area (TPSA) is 26.3 Å². The number of hydrogen-bond acceptors (Lipinski definition) is 3. The largest absolute Gasteiger partial charge is 0.465 e. The minimum atomic E-state index is -0.213. The Morgan fingerprint density at radius 3 is 2.29 bits per heavy atom. The second-order valence-corrected chi connectivity index (χ2v) is 5.91. The number of thioether (sulfide) groups is 1. The predicted molar refractivity (Wildman–Crippen MR) is 72.6 cm³/mol. The summed E-state index contributed by atoms with van der Waals surface area (Å²) in [4.78, 5) is 12.0. The average molecular weight is 252 g/mol. The van der Waals surface area contributed by atoms with Gasteiger partial charge in [0.2, 0.25) is 0 Å². The molecule has 0 amide bonds. The van der Waals surface area contributed by atoms with Crippen LogP contribution in [0.5, 0.6) is 0 Å². The normalized spacial score (nSPS) is 12.3. The lowest BCUT2D eigenvalue weighted by atomic mass is 10.1. The van der Waals surface area contributed by atoms with Crippen LogP contribution >= 0.6 is 11.8 Å². The number of hydrogen-bond donors (Lipinski definition) is 0. The van der Waals surface area contributed by atoms with Gasteiger partial charge in [0.15, 0.2) is 0 Å². The fraction of sp³-hybridized carbons (Fsp3) is 0.500. The first-order valence-electron chi connectivity index (χ1n) is 5.78. The number of aryl methyl sites for hydroxylation is 3. The van der Waals surface area contributed by atoms with E-state index >= 15 is 0 Å². The highest BCUT2D eigenvalue weighted by Gasteiger charge is 2.11. The standard InChI is InChI=1S/C14H20O2S/c1-9-6-10(2)14(11(3)7-9)17-12(4)8-16-13(5)15/h6-7,12H,8H2,1-5H3. The van der Waals surface area contributed by atoms with E-state index < -0.39 is 0 Å². The molecule has 0 aliphatic carbocycles. The second-order valence-electron chi connectivity index (χ2n) is 4.46. The van der Waals surface area contributed by atoms with E-state index in [9.17, 15) is 4.79 Å². The summed E-state index contributed by atoms with van der Waals surface area (Å²) >= 11 is 1.77. The fourth-order valence-electron chi connectivity index (χ4n) is 1.82. The van der Waals surface area contributed by atoms with Crippen LogP contribution in [0.2, 0.25) is 0 Å². The molecule has 3 heteroatoms. The van der Waals surface area contributed by atoms with E-state index in [0.29, 0.717) is 6.61 Å². The quantitative estimate of drug-likeness (QED) is 0.604. The molecule has 17 heavy (non-hydrogen) atoms. The second kappa shape index (κ2) is 6.10. The lowest BCUT2D eigenvalue weighted by Crippen LogP contribution is -2.11. The van der Waals surface area contributed by atoms with Crippen LogP contribution in [0, 0.1) is 20.8 Å². The van der Waals surface area contributed by atoms with Crippen molar-refractivity contribution in [3.63, 3.8) is 0 Å². The number of benzene rings is 1. The Bertz CT molecular complexity index is 390. The lowest BCUT2D eigenvalue weighted by molar-refractivity contribution is -0.140. The first kappa shape index (κ1) is 14.1. The van der Waals surface area contributed by atoms with Crippen LogP contribution in [-0.4, -0.2) is 17.8 Å². The molecular weight excluding hydrogens is 232 g/mol. The van der Waals surface area contributed by atoms with Gasteiger partial charge in [0.1, 0.15) is 6.61 Å². The third-order valence-electron chi connectivity index (χ3n) is 2.45. The Hall–Kier alpha value is -0.960. The molecule has 1 aromatic carbocycles. The minimum absolute atomic E-state index is 0.213. The van der Waals surface area contributed by atoms with Gasteiger partial charge in [-0.3, -0.25) is 4.79 Å². The third-order valence-corrected chi connectivity index (χ3v) is 3.86. The van der Waals surface area contributed by atoms with Crippen molar-refractivity contribution in [1.82, 2.24) is 0 Å². The molecule has 0 N–H and O–H groups in total. The zero-order valence-electron chi connectivity index (χ0n) is 11.2. The van der Waals surface area contributed by atoms with E-state index in [2.05, 4.69) is 39.8 Å². The monoisotopic (exact) mass is 252 g/mol. The average Bonchev–Trinajstić information content (AvgIpc) is 2.20. The highest BCUT2D eigenvalue weighted by molar-refractivity contribution is 8.00. The van der Waals surface area contributed by atoms with Gasteiger partial charge in [-0.25, -0.2) is 0 Å². The van der Waals surface area contributed by atoms with Crippen molar-refractivity contribution >= 4 is 17.7 Å². The molecule has 1 aromatic rings. The Morgan fingerprint density at radius 2 is 1.82 bits per heavy atom. The van der Waals surface area contributed by atoms with E-state index in [1.165, 1.54) is 28.5 Å². The number of carbonyl (C=O) groups excluding carboxylic acids is 1. The highest BCUT2D eigenvalue weighted by atomic mass is 32.2. The van der Waals surface area contributed by atoms with Crippen molar-refractivity contribution in [2.75, 3.05) is 6.61 Å². The Morgan fingerprint density at radius 1 is 1.29 bits per heavy atom. The molecule has 0 aliphatic rings. The first-order chi connectivity index (χ1) is 7.90. The fourth-order valence-corrected chi connectivity index (χ4v) is 2.85. The van der Waals surface area contributed by atoms with E-state index in [1.54, 1.807) is 11.8 Å². The van der Waals surface area contributed by atoms with Gasteiger partial charge in [-0.1, -0.05) is 17.7 Å². The molecule has 0 bridgehead atoms. The molecule has 0 spiro atoms. The van der Waals surface area contributed by atoms with Gasteiger partial charge in [0, 0.05) is 17.1 Å². The van der Waals surface area contributed by atoms with E-state index in [-0.39, 0.29) is 11.2 Å². The molecule has 0 radical (unpaired) electrons. The van der Waals surface area contributed by atoms with Crippen LogP contribution in [0.3, 0.4) is 0 Å². The van der Waals surface area contributed by atoms with E-state index in [0.717, 1.165) is 0 Å². The Labute approximate surface area is 108 Å². The summed E-state index contributed by atoms with van der Waals surface area (Å²) in [5.74, 6) is -0.213. The smallest absolute Gasteiger partial charge is 0.302 e. The molecule has 2 nitrogen and oxygen atoms in total. The highest BCUT2D eigenvalue weighted by Crippen LogP contribution is 2.30. The van der Waals surface area contributed by atoms with Gasteiger partial charge in [0.05, 0.1) is 0 Å². The van der Waals surface area contributed by atoms with Gasteiger partial charge in [-0.15, -0.1) is 11.8 Å². The van der Waals surface area contributed by atoms with Crippen molar-refractivity contribution in [3.05, 3.63) is 28.8 Å². The number of carbonyl (C=O) groups is 1. The molecule has 1 atom stereocenters. The summed E-state index contributed by atoms with van der Waals surface area (Å²) in [7, 11) is 0. The minimum Gasteiger partial charge on any atom is -0.465 e. The maximum Gasteiger partial charge on any atom is 0.302 e. The summed E-state index contributed by atoms with van der Waals surface area (Å²) in [6.07, 6.45) is 0. The Balaban J connectivity index is 2.71. The third kappa shape index (κ3) is 4.43. The van der Waals surface area contributed by atoms with Crippen LogP contribution in [0.25, 0.3) is 0 Å². The summed E-state index contributed by atoms with van der Waals surface area (Å²) < 4.78 is 5.02. The number of ether oxygens (including phenoxy) is 1. The summed E-state index contributed by atoms with van der Waals surface area (Å²) in [6, 6.07) is 4.38. The zero-order valence-corrected chi connectivity index (χ0v) is 12.0. The van der Waals surface area contributed by atoms with E-state index in [4.69, 9.17) is 4.74 Å². The van der Waals surface area contributed by atoms with E-state index in [1.807, 2.05) is 0 Å². The van der Waals surface area contributed by atoms with Gasteiger partial charge in [-0.05, 0) is 38.8 Å². The maximum atomic E-state index is 10.7. The van der Waals surface area contributed by atoms with Crippen LogP contribution in [0.1, 0.15) is 30.5 Å². The molecule has 0 heterocycles. The zero-order chi connectivity index (χ0) is 13.0. The van der Waals surface area contributed by atoms with Gasteiger partial charge < -0.3 is 4.74 Å². The van der Waals surface area contributed by atoms with Crippen molar-refractivity contribution < 1.29 is 9.53 Å². The molecule has 94 valence electrons. The first-order valence-corrected chi connectivity index (χ1v) is 6.66. The van der Waals surface area contributed by atoms with Crippen LogP contribution in [0.15, 0.2) is 17.0 Å². The number of esters is 1. The molecule has 0 aromatic heterocycles. The summed E-state index contributed by atoms with van der Waals surface area (Å²) in [5, 5.41) is 0.277. The Kier molecular flexibility index (Phi) is 5.06. The van der Waals surface area contributed by atoms with Crippen molar-refractivity contribution in [2.45, 2.75) is 44.8 Å². The van der Waals surface area contributed by atoms with Crippen molar-refractivity contribution in [1.29, 1.82) is 0 Å². The van der Waals surface area contributed by atoms with Crippen LogP contribution in [0.4, 0.5) is 0 Å². The molecule has 1 rings (SSSR count). The van der Waals surface area contributed by atoms with Crippen LogP contribution < -0.4 is 0 Å².